The Morgan fingerprint density at radius 3 is 1.93 bits per heavy atom. The summed E-state index contributed by atoms with van der Waals surface area (Å²) in [6, 6.07) is 0. The third-order valence-corrected chi connectivity index (χ3v) is 2.04. The van der Waals surface area contributed by atoms with Crippen LogP contribution < -0.4 is 0 Å². The predicted octanol–water partition coefficient (Wildman–Crippen LogP) is 0.728. The first-order chi connectivity index (χ1) is 6.75. The van der Waals surface area contributed by atoms with E-state index in [-0.39, 0.29) is 11.8 Å². The molecule has 1 saturated heterocycles. The summed E-state index contributed by atoms with van der Waals surface area (Å²) in [5.74, 6) is -0.412. The van der Waals surface area contributed by atoms with E-state index in [9.17, 15) is 9.59 Å². The zero-order valence-corrected chi connectivity index (χ0v) is 8.36. The molecule has 0 aromatic rings. The van der Waals surface area contributed by atoms with Gasteiger partial charge in [-0.05, 0) is 19.8 Å². The van der Waals surface area contributed by atoms with Gasteiger partial charge in [0, 0.05) is 31.9 Å². The molecule has 2 aliphatic heterocycles. The maximum Gasteiger partial charge on any atom is 0.253 e. The van der Waals surface area contributed by atoms with Crippen molar-refractivity contribution in [1.82, 2.24) is 4.90 Å². The van der Waals surface area contributed by atoms with Crippen LogP contribution in [0.3, 0.4) is 0 Å². The minimum Gasteiger partial charge on any atom is -0.381 e. The molecule has 0 aromatic heterocycles. The van der Waals surface area contributed by atoms with Gasteiger partial charge in [0.15, 0.2) is 0 Å². The Balaban J connectivity index is 0.000000165. The van der Waals surface area contributed by atoms with Crippen molar-refractivity contribution >= 4 is 11.8 Å². The molecule has 0 N–H and O–H groups in total. The van der Waals surface area contributed by atoms with E-state index in [2.05, 4.69) is 0 Å². The molecule has 0 atom stereocenters. The van der Waals surface area contributed by atoms with Gasteiger partial charge in [-0.3, -0.25) is 14.5 Å². The molecule has 0 bridgehead atoms. The predicted molar refractivity (Wildman–Crippen MR) is 51.6 cm³/mol. The number of carbonyl (C=O) groups is 2. The maximum atomic E-state index is 10.6. The molecule has 4 nitrogen and oxygen atoms in total. The topological polar surface area (TPSA) is 46.6 Å². The first-order valence-corrected chi connectivity index (χ1v) is 4.87. The number of rotatable bonds is 1. The lowest BCUT2D eigenvalue weighted by Gasteiger charge is -2.08. The second-order valence-electron chi connectivity index (χ2n) is 3.07. The molecule has 0 saturated carbocycles. The smallest absolute Gasteiger partial charge is 0.253 e. The molecule has 0 radical (unpaired) electrons. The first-order valence-electron chi connectivity index (χ1n) is 4.87. The normalized spacial score (nSPS) is 19.9. The fourth-order valence-electron chi connectivity index (χ4n) is 1.25. The summed E-state index contributed by atoms with van der Waals surface area (Å²) in [6.45, 7) is 4.23. The van der Waals surface area contributed by atoms with Gasteiger partial charge in [0.1, 0.15) is 0 Å². The van der Waals surface area contributed by atoms with Crippen LogP contribution >= 0.6 is 0 Å². The van der Waals surface area contributed by atoms with Crippen LogP contribution in [0.5, 0.6) is 0 Å². The lowest BCUT2D eigenvalue weighted by atomic mass is 10.4. The van der Waals surface area contributed by atoms with Crippen molar-refractivity contribution in [3.63, 3.8) is 0 Å². The molecule has 0 spiro atoms. The zero-order valence-electron chi connectivity index (χ0n) is 8.36. The van der Waals surface area contributed by atoms with Crippen molar-refractivity contribution in [2.75, 3.05) is 19.8 Å². The van der Waals surface area contributed by atoms with Gasteiger partial charge in [-0.2, -0.15) is 0 Å². The average Bonchev–Trinajstić information content (AvgIpc) is 2.80. The van der Waals surface area contributed by atoms with Crippen molar-refractivity contribution in [3.8, 4) is 0 Å². The fourth-order valence-corrected chi connectivity index (χ4v) is 1.25. The molecule has 4 heteroatoms. The van der Waals surface area contributed by atoms with Crippen molar-refractivity contribution in [2.45, 2.75) is 19.8 Å². The third-order valence-electron chi connectivity index (χ3n) is 2.04. The third kappa shape index (κ3) is 2.96. The minimum absolute atomic E-state index is 0.206. The molecule has 1 fully saturated rings. The highest BCUT2D eigenvalue weighted by molar-refractivity contribution is 6.12. The van der Waals surface area contributed by atoms with E-state index in [1.165, 1.54) is 29.9 Å². The van der Waals surface area contributed by atoms with Gasteiger partial charge in [0.2, 0.25) is 0 Å². The van der Waals surface area contributed by atoms with Crippen LogP contribution in [0.2, 0.25) is 0 Å². The molecule has 2 heterocycles. The Kier molecular flexibility index (Phi) is 4.32. The SMILES string of the molecule is C1CCOC1.CCN1C(=O)C=CC1=O. The highest BCUT2D eigenvalue weighted by Gasteiger charge is 2.20. The number of nitrogens with zero attached hydrogens (tertiary/aromatic N) is 1. The number of hydrogen-bond donors (Lipinski definition) is 0. The van der Waals surface area contributed by atoms with Gasteiger partial charge in [-0.15, -0.1) is 0 Å². The standard InChI is InChI=1S/C6H7NO2.C4H8O/c1-2-7-5(8)3-4-6(7)9;1-2-4-5-3-1/h3-4H,2H2,1H3;1-4H2. The highest BCUT2D eigenvalue weighted by Crippen LogP contribution is 2.00. The summed E-state index contributed by atoms with van der Waals surface area (Å²) in [5, 5.41) is 0. The summed E-state index contributed by atoms with van der Waals surface area (Å²) in [5.41, 5.74) is 0. The molecular formula is C10H15NO3. The lowest BCUT2D eigenvalue weighted by molar-refractivity contribution is -0.136. The van der Waals surface area contributed by atoms with Gasteiger partial charge in [-0.25, -0.2) is 0 Å². The Bertz CT molecular complexity index is 218. The Morgan fingerprint density at radius 2 is 1.71 bits per heavy atom. The summed E-state index contributed by atoms with van der Waals surface area (Å²) in [6.07, 6.45) is 5.12. The number of ether oxygens (including phenoxy) is 1. The van der Waals surface area contributed by atoms with Crippen LogP contribution in [0.1, 0.15) is 19.8 Å². The van der Waals surface area contributed by atoms with Crippen LogP contribution in [-0.4, -0.2) is 36.5 Å². The molecule has 2 aliphatic rings. The van der Waals surface area contributed by atoms with Crippen molar-refractivity contribution in [2.24, 2.45) is 0 Å². The van der Waals surface area contributed by atoms with E-state index >= 15 is 0 Å². The Morgan fingerprint density at radius 1 is 1.21 bits per heavy atom. The fraction of sp³-hybridized carbons (Fsp3) is 0.600. The Labute approximate surface area is 83.5 Å². The van der Waals surface area contributed by atoms with Gasteiger partial charge < -0.3 is 4.74 Å². The summed E-state index contributed by atoms with van der Waals surface area (Å²) < 4.78 is 4.94. The molecule has 0 unspecified atom stereocenters. The van der Waals surface area contributed by atoms with Crippen molar-refractivity contribution < 1.29 is 14.3 Å². The van der Waals surface area contributed by atoms with Crippen molar-refractivity contribution in [1.29, 1.82) is 0 Å². The van der Waals surface area contributed by atoms with Gasteiger partial charge in [0.25, 0.3) is 11.8 Å². The quantitative estimate of drug-likeness (QED) is 0.582. The largest absolute Gasteiger partial charge is 0.381 e. The second kappa shape index (κ2) is 5.54. The molecule has 2 rings (SSSR count). The maximum absolute atomic E-state index is 10.6. The number of carbonyl (C=O) groups excluding carboxylic acids is 2. The van der Waals surface area contributed by atoms with E-state index < -0.39 is 0 Å². The van der Waals surface area contributed by atoms with E-state index in [4.69, 9.17) is 4.74 Å². The van der Waals surface area contributed by atoms with E-state index in [0.29, 0.717) is 6.54 Å². The number of amides is 2. The van der Waals surface area contributed by atoms with Crippen LogP contribution in [0, 0.1) is 0 Å². The minimum atomic E-state index is -0.206. The molecule has 78 valence electrons. The summed E-state index contributed by atoms with van der Waals surface area (Å²) in [4.78, 5) is 22.4. The highest BCUT2D eigenvalue weighted by atomic mass is 16.5. The molecule has 14 heavy (non-hydrogen) atoms. The van der Waals surface area contributed by atoms with E-state index in [1.807, 2.05) is 0 Å². The number of likely N-dealkylation sites (N-methyl/N-ethyl adjacent to an activating group) is 1. The Hall–Kier alpha value is -1.16. The number of imide groups is 1. The van der Waals surface area contributed by atoms with E-state index in [0.717, 1.165) is 13.2 Å². The van der Waals surface area contributed by atoms with E-state index in [1.54, 1.807) is 6.92 Å². The second-order valence-corrected chi connectivity index (χ2v) is 3.07. The first kappa shape index (κ1) is 10.9. The molecule has 0 aromatic carbocycles. The summed E-state index contributed by atoms with van der Waals surface area (Å²) in [7, 11) is 0. The number of hydrogen-bond acceptors (Lipinski definition) is 3. The molecule has 0 aliphatic carbocycles. The van der Waals surface area contributed by atoms with Gasteiger partial charge in [0.05, 0.1) is 0 Å². The van der Waals surface area contributed by atoms with Crippen LogP contribution in [-0.2, 0) is 14.3 Å². The van der Waals surface area contributed by atoms with Crippen LogP contribution in [0.4, 0.5) is 0 Å². The van der Waals surface area contributed by atoms with Crippen molar-refractivity contribution in [3.05, 3.63) is 12.2 Å². The monoisotopic (exact) mass is 197 g/mol. The van der Waals surface area contributed by atoms with Gasteiger partial charge in [-0.1, -0.05) is 0 Å². The van der Waals surface area contributed by atoms with Crippen LogP contribution in [0.15, 0.2) is 12.2 Å². The van der Waals surface area contributed by atoms with Gasteiger partial charge >= 0.3 is 0 Å². The zero-order chi connectivity index (χ0) is 10.4. The lowest BCUT2D eigenvalue weighted by Crippen LogP contribution is -2.29. The molecular weight excluding hydrogens is 182 g/mol. The molecule has 2 amide bonds. The van der Waals surface area contributed by atoms with Crippen LogP contribution in [0.25, 0.3) is 0 Å². The average molecular weight is 197 g/mol. The summed E-state index contributed by atoms with van der Waals surface area (Å²) >= 11 is 0.